The van der Waals surface area contributed by atoms with Crippen molar-refractivity contribution < 1.29 is 35.1 Å². The Balaban J connectivity index is 2.53. The van der Waals surface area contributed by atoms with Gasteiger partial charge in [-0.3, -0.25) is 0 Å². The normalized spacial score (nSPS) is 19.4. The van der Waals surface area contributed by atoms with Crippen LogP contribution in [-0.2, 0) is 4.79 Å². The van der Waals surface area contributed by atoms with Crippen LogP contribution in [0.25, 0.3) is 0 Å². The number of hydrogen-bond donors (Lipinski definition) is 1. The average Bonchev–Trinajstić information content (AvgIpc) is 3.23. The monoisotopic (exact) mass is 495 g/mol. The molecule has 0 saturated carbocycles. The Bertz CT molecular complexity index is 579. The van der Waals surface area contributed by atoms with E-state index in [2.05, 4.69) is 106 Å². The average molecular weight is 495 g/mol. The van der Waals surface area contributed by atoms with Crippen LogP contribution in [0.15, 0.2) is 48.6 Å². The molecule has 2 aliphatic carbocycles. The molecule has 0 aromatic heterocycles. The number of nitrogens with one attached hydrogen (secondary N) is 1. The molecule has 2 aliphatic rings. The van der Waals surface area contributed by atoms with E-state index in [1.807, 2.05) is 0 Å². The topological polar surface area (TPSA) is 29.1 Å². The summed E-state index contributed by atoms with van der Waals surface area (Å²) in [6.45, 7) is 18.0. The van der Waals surface area contributed by atoms with Crippen molar-refractivity contribution in [1.29, 1.82) is 0 Å². The van der Waals surface area contributed by atoms with Gasteiger partial charge in [-0.1, -0.05) is 0 Å². The Morgan fingerprint density at radius 2 is 1.04 bits per heavy atom. The minimum atomic E-state index is -2.98. The van der Waals surface area contributed by atoms with Crippen molar-refractivity contribution in [3.05, 3.63) is 48.6 Å². The molecular formula is C24H38LaNO. The Hall–Kier alpha value is -0.375. The molecule has 1 N–H and O–H groups in total. The first-order valence-electron chi connectivity index (χ1n) is 10.6. The van der Waals surface area contributed by atoms with Gasteiger partial charge < -0.3 is 0 Å². The van der Waals surface area contributed by atoms with Gasteiger partial charge in [0.25, 0.3) is 0 Å². The van der Waals surface area contributed by atoms with Crippen LogP contribution in [0, 0.1) is 59.9 Å². The molecule has 0 fully saturated rings. The van der Waals surface area contributed by atoms with Crippen molar-refractivity contribution in [2.75, 3.05) is 0 Å². The van der Waals surface area contributed by atoms with E-state index >= 15 is 0 Å². The Kier molecular flexibility index (Phi) is 7.61. The summed E-state index contributed by atoms with van der Waals surface area (Å²) in [5.74, 6) is 2.03. The summed E-state index contributed by atoms with van der Waals surface area (Å²) in [5.41, 5.74) is 0. The standard InChI is InChI=1S/C8H17NO.2C8H11.La/c1-5(2)7(6(3)4)8(9)10;2*1-7(2)8-5-3-4-6-8;/h5-7H,1-4H3,(H2,9,10);2*3-7H,1-2H3;/q;;;+1/p-1. The van der Waals surface area contributed by atoms with Gasteiger partial charge in [0.05, 0.1) is 0 Å². The third-order valence-corrected chi connectivity index (χ3v) is 21.5. The molecule has 0 aromatic carbocycles. The summed E-state index contributed by atoms with van der Waals surface area (Å²) in [6, 6.07) is 0. The zero-order valence-electron chi connectivity index (χ0n) is 18.5. The molecule has 0 aliphatic heterocycles. The van der Waals surface area contributed by atoms with E-state index in [1.54, 1.807) is 0 Å². The molecule has 148 valence electrons. The summed E-state index contributed by atoms with van der Waals surface area (Å²) in [4.78, 5) is 13.5. The SMILES string of the molecule is CC(C)C(C(=O)[NH][La]([C]1(C(C)C)C=CC=C1)[C]1(C(C)C)C=CC=C1)C(C)C. The molecule has 0 heterocycles. The van der Waals surface area contributed by atoms with Crippen molar-refractivity contribution in [2.45, 2.75) is 59.0 Å². The second-order valence-electron chi connectivity index (χ2n) is 9.70. The molecule has 0 radical (unpaired) electrons. The number of carbonyl (C=O) groups excluding carboxylic acids is 1. The van der Waals surface area contributed by atoms with Gasteiger partial charge >= 0.3 is 180 Å². The van der Waals surface area contributed by atoms with Gasteiger partial charge in [-0.2, -0.15) is 0 Å². The van der Waals surface area contributed by atoms with E-state index in [1.165, 1.54) is 0 Å². The molecule has 2 rings (SSSR count). The van der Waals surface area contributed by atoms with Crippen molar-refractivity contribution in [3.8, 4) is 0 Å². The van der Waals surface area contributed by atoms with Crippen LogP contribution in [0.3, 0.4) is 0 Å². The van der Waals surface area contributed by atoms with Gasteiger partial charge in [0.2, 0.25) is 0 Å². The second kappa shape index (κ2) is 8.97. The maximum atomic E-state index is 13.5. The molecule has 2 nitrogen and oxygen atoms in total. The quantitative estimate of drug-likeness (QED) is 0.412. The number of hydrogen-bond acceptors (Lipinski definition) is 1. The summed E-state index contributed by atoms with van der Waals surface area (Å²) in [5, 5.41) is 0. The van der Waals surface area contributed by atoms with Crippen LogP contribution in [0.4, 0.5) is 0 Å². The zero-order chi connectivity index (χ0) is 20.4. The van der Waals surface area contributed by atoms with Crippen LogP contribution in [-0.4, -0.2) is 5.91 Å². The van der Waals surface area contributed by atoms with Gasteiger partial charge in [-0.15, -0.1) is 0 Å². The number of carbonyl (C=O) groups is 1. The predicted octanol–water partition coefficient (Wildman–Crippen LogP) is 6.45. The molecule has 0 spiro atoms. The van der Waals surface area contributed by atoms with Crippen molar-refractivity contribution in [3.63, 3.8) is 0 Å². The summed E-state index contributed by atoms with van der Waals surface area (Å²) in [6.07, 6.45) is 18.4. The third kappa shape index (κ3) is 4.31. The molecule has 0 bridgehead atoms. The number of allylic oxidation sites excluding steroid dienone is 8. The Labute approximate surface area is 179 Å². The number of rotatable bonds is 8. The fourth-order valence-electron chi connectivity index (χ4n) is 5.12. The molecule has 0 atom stereocenters. The minimum absolute atomic E-state index is 0.0391. The van der Waals surface area contributed by atoms with Crippen molar-refractivity contribution >= 4 is 5.91 Å². The van der Waals surface area contributed by atoms with E-state index in [0.29, 0.717) is 23.7 Å². The Morgan fingerprint density at radius 1 is 0.704 bits per heavy atom. The molecule has 27 heavy (non-hydrogen) atoms. The molecule has 0 saturated heterocycles. The molecular weight excluding hydrogens is 457 g/mol. The van der Waals surface area contributed by atoms with Crippen molar-refractivity contribution in [1.82, 2.24) is 2.08 Å². The van der Waals surface area contributed by atoms with Gasteiger partial charge in [0.1, 0.15) is 0 Å². The van der Waals surface area contributed by atoms with E-state index in [9.17, 15) is 4.79 Å². The number of amides is 1. The fraction of sp³-hybridized carbons (Fsp3) is 0.625. The molecule has 3 heteroatoms. The zero-order valence-corrected chi connectivity index (χ0v) is 22.1. The van der Waals surface area contributed by atoms with Gasteiger partial charge in [0, 0.05) is 0 Å². The van der Waals surface area contributed by atoms with Gasteiger partial charge in [-0.25, -0.2) is 0 Å². The second-order valence-corrected chi connectivity index (χ2v) is 19.6. The van der Waals surface area contributed by atoms with Gasteiger partial charge in [-0.05, 0) is 0 Å². The first-order valence-corrected chi connectivity index (χ1v) is 16.1. The first kappa shape index (κ1) is 22.9. The van der Waals surface area contributed by atoms with E-state index in [0.717, 1.165) is 0 Å². The maximum absolute atomic E-state index is 13.5. The first-order chi connectivity index (χ1) is 12.6. The molecule has 1 amide bonds. The van der Waals surface area contributed by atoms with Crippen LogP contribution in [0.2, 0.25) is 3.63 Å². The summed E-state index contributed by atoms with van der Waals surface area (Å²) >= 11 is -2.98. The van der Waals surface area contributed by atoms with E-state index < -0.39 is 30.3 Å². The van der Waals surface area contributed by atoms with Crippen LogP contribution in [0.1, 0.15) is 55.4 Å². The van der Waals surface area contributed by atoms with Gasteiger partial charge in [0.15, 0.2) is 0 Å². The summed E-state index contributed by atoms with van der Waals surface area (Å²) < 4.78 is 3.86. The predicted molar refractivity (Wildman–Crippen MR) is 113 cm³/mol. The molecule has 0 unspecified atom stereocenters. The Morgan fingerprint density at radius 3 is 1.30 bits per heavy atom. The molecule has 0 aromatic rings. The summed E-state index contributed by atoms with van der Waals surface area (Å²) in [7, 11) is 0. The van der Waals surface area contributed by atoms with E-state index in [-0.39, 0.29) is 15.5 Å². The van der Waals surface area contributed by atoms with Crippen LogP contribution in [0.5, 0.6) is 0 Å². The van der Waals surface area contributed by atoms with E-state index in [4.69, 9.17) is 0 Å². The third-order valence-electron chi connectivity index (χ3n) is 6.79. The van der Waals surface area contributed by atoms with Crippen LogP contribution < -0.4 is 2.08 Å². The van der Waals surface area contributed by atoms with Crippen molar-refractivity contribution in [2.24, 2.45) is 29.6 Å². The fourth-order valence-corrected chi connectivity index (χ4v) is 18.9. The van der Waals surface area contributed by atoms with Crippen LogP contribution >= 0.6 is 0 Å².